The molecule has 5 nitrogen and oxygen atoms in total. The zero-order valence-electron chi connectivity index (χ0n) is 15.8. The van der Waals surface area contributed by atoms with Crippen LogP contribution < -0.4 is 5.32 Å². The van der Waals surface area contributed by atoms with Gasteiger partial charge in [0.25, 0.3) is 5.91 Å². The first kappa shape index (κ1) is 27.9. The zero-order valence-corrected chi connectivity index (χ0v) is 16.8. The molecule has 0 rings (SSSR count). The lowest BCUT2D eigenvalue weighted by Crippen LogP contribution is -2.65. The molecular weight excluding hydrogens is 445 g/mol. The highest BCUT2D eigenvalue weighted by Crippen LogP contribution is 2.53. The summed E-state index contributed by atoms with van der Waals surface area (Å²) in [5.41, 5.74) is 0. The van der Waals surface area contributed by atoms with Crippen LogP contribution in [0, 0.1) is 0 Å². The van der Waals surface area contributed by atoms with Gasteiger partial charge in [-0.2, -0.15) is 39.5 Å². The van der Waals surface area contributed by atoms with Crippen LogP contribution in [0.4, 0.5) is 39.5 Å². The second-order valence-corrected chi connectivity index (χ2v) is 8.29. The van der Waals surface area contributed by atoms with E-state index in [0.717, 1.165) is 0 Å². The number of rotatable bonds is 13. The summed E-state index contributed by atoms with van der Waals surface area (Å²) in [5, 5.41) is 1.24. The van der Waals surface area contributed by atoms with Crippen LogP contribution in [0.5, 0.6) is 0 Å². The van der Waals surface area contributed by atoms with Gasteiger partial charge < -0.3 is 18.6 Å². The first-order chi connectivity index (χ1) is 13.1. The number of carbonyl (C=O) groups excluding carboxylic acids is 1. The standard InChI is InChI=1S/C14H22F9NO4Si/c1-4-26-29(27-5-2,28-6-3)9-7-8-24-10(25)11(15,16)12(17,18)13(19,20)14(21,22)23/h4-9H2,1-3H3,(H,24,25). The molecule has 0 fully saturated rings. The summed E-state index contributed by atoms with van der Waals surface area (Å²) in [6.07, 6.45) is -7.20. The van der Waals surface area contributed by atoms with Gasteiger partial charge in [-0.25, -0.2) is 0 Å². The van der Waals surface area contributed by atoms with Crippen molar-refractivity contribution in [2.45, 2.75) is 57.2 Å². The van der Waals surface area contributed by atoms with E-state index in [9.17, 15) is 44.3 Å². The van der Waals surface area contributed by atoms with Crippen molar-refractivity contribution in [2.24, 2.45) is 0 Å². The van der Waals surface area contributed by atoms with E-state index in [1.807, 2.05) is 0 Å². The first-order valence-electron chi connectivity index (χ1n) is 8.46. The molecule has 0 saturated carbocycles. The van der Waals surface area contributed by atoms with Crippen molar-refractivity contribution in [2.75, 3.05) is 26.4 Å². The fraction of sp³-hybridized carbons (Fsp3) is 0.929. The van der Waals surface area contributed by atoms with Gasteiger partial charge in [0.2, 0.25) is 0 Å². The molecule has 0 spiro atoms. The van der Waals surface area contributed by atoms with Gasteiger partial charge in [0, 0.05) is 32.4 Å². The van der Waals surface area contributed by atoms with Crippen molar-refractivity contribution < 1.29 is 57.6 Å². The molecule has 15 heteroatoms. The molecule has 0 saturated heterocycles. The molecule has 29 heavy (non-hydrogen) atoms. The molecule has 0 aromatic carbocycles. The third-order valence-corrected chi connectivity index (χ3v) is 6.62. The van der Waals surface area contributed by atoms with E-state index >= 15 is 0 Å². The normalized spacial score (nSPS) is 14.2. The zero-order chi connectivity index (χ0) is 23.1. The van der Waals surface area contributed by atoms with Crippen LogP contribution in [0.3, 0.4) is 0 Å². The van der Waals surface area contributed by atoms with Gasteiger partial charge >= 0.3 is 32.7 Å². The average molecular weight is 467 g/mol. The van der Waals surface area contributed by atoms with E-state index < -0.39 is 45.2 Å². The molecule has 0 bridgehead atoms. The smallest absolute Gasteiger partial charge is 0.374 e. The summed E-state index contributed by atoms with van der Waals surface area (Å²) in [5.74, 6) is -23.4. The molecule has 0 radical (unpaired) electrons. The predicted molar refractivity (Wildman–Crippen MR) is 84.0 cm³/mol. The Kier molecular flexibility index (Phi) is 9.93. The van der Waals surface area contributed by atoms with Crippen LogP contribution >= 0.6 is 0 Å². The molecule has 0 aliphatic heterocycles. The van der Waals surface area contributed by atoms with E-state index in [4.69, 9.17) is 13.3 Å². The summed E-state index contributed by atoms with van der Waals surface area (Å²) in [6.45, 7) is 4.59. The maximum Gasteiger partial charge on any atom is 0.500 e. The second kappa shape index (κ2) is 10.3. The van der Waals surface area contributed by atoms with Gasteiger partial charge in [0.1, 0.15) is 0 Å². The van der Waals surface area contributed by atoms with E-state index in [1.54, 1.807) is 20.8 Å². The maximum absolute atomic E-state index is 13.4. The molecule has 0 atom stereocenters. The molecule has 0 heterocycles. The number of hydrogen-bond acceptors (Lipinski definition) is 4. The Labute approximate surface area is 162 Å². The Morgan fingerprint density at radius 3 is 1.55 bits per heavy atom. The maximum atomic E-state index is 13.4. The molecule has 174 valence electrons. The minimum Gasteiger partial charge on any atom is -0.374 e. The SMILES string of the molecule is CCO[Si](CCCNC(=O)C(F)(F)C(F)(F)C(F)(F)C(F)(F)F)(OCC)OCC. The largest absolute Gasteiger partial charge is 0.500 e. The molecule has 0 aromatic rings. The number of hydrogen-bond donors (Lipinski definition) is 1. The predicted octanol–water partition coefficient (Wildman–Crippen LogP) is 4.01. The molecule has 1 N–H and O–H groups in total. The molecule has 0 aromatic heterocycles. The van der Waals surface area contributed by atoms with E-state index in [2.05, 4.69) is 0 Å². The third kappa shape index (κ3) is 6.21. The van der Waals surface area contributed by atoms with Crippen molar-refractivity contribution in [3.63, 3.8) is 0 Å². The number of carbonyl (C=O) groups is 1. The van der Waals surface area contributed by atoms with Crippen molar-refractivity contribution in [3.05, 3.63) is 0 Å². The van der Waals surface area contributed by atoms with Crippen LogP contribution in [0.1, 0.15) is 27.2 Å². The van der Waals surface area contributed by atoms with Crippen LogP contribution in [-0.4, -0.2) is 65.0 Å². The van der Waals surface area contributed by atoms with Gasteiger partial charge in [0.15, 0.2) is 0 Å². The van der Waals surface area contributed by atoms with Crippen molar-refractivity contribution in [1.29, 1.82) is 0 Å². The van der Waals surface area contributed by atoms with Crippen molar-refractivity contribution >= 4 is 14.7 Å². The molecular formula is C14H22F9NO4Si. The van der Waals surface area contributed by atoms with E-state index in [-0.39, 0.29) is 32.3 Å². The summed E-state index contributed by atoms with van der Waals surface area (Å²) in [4.78, 5) is 11.3. The Morgan fingerprint density at radius 1 is 0.793 bits per heavy atom. The Hall–Kier alpha value is -1.06. The fourth-order valence-electron chi connectivity index (χ4n) is 2.14. The van der Waals surface area contributed by atoms with Gasteiger partial charge in [0.05, 0.1) is 0 Å². The summed E-state index contributed by atoms with van der Waals surface area (Å²) in [6, 6.07) is -0.0521. The number of nitrogens with one attached hydrogen (secondary N) is 1. The molecule has 0 unspecified atom stereocenters. The number of amides is 1. The molecule has 0 aliphatic carbocycles. The third-order valence-electron chi connectivity index (χ3n) is 3.47. The second-order valence-electron chi connectivity index (χ2n) is 5.56. The summed E-state index contributed by atoms with van der Waals surface area (Å²) < 4.78 is 131. The van der Waals surface area contributed by atoms with Gasteiger partial charge in [-0.05, 0) is 27.2 Å². The highest BCUT2D eigenvalue weighted by atomic mass is 28.4. The summed E-state index contributed by atoms with van der Waals surface area (Å²) >= 11 is 0. The highest BCUT2D eigenvalue weighted by Gasteiger charge is 2.83. The topological polar surface area (TPSA) is 56.8 Å². The fourth-order valence-corrected chi connectivity index (χ4v) is 4.75. The lowest BCUT2D eigenvalue weighted by Gasteiger charge is -2.32. The van der Waals surface area contributed by atoms with Crippen LogP contribution in [0.15, 0.2) is 0 Å². The quantitative estimate of drug-likeness (QED) is 0.253. The Balaban J connectivity index is 5.12. The van der Waals surface area contributed by atoms with Crippen LogP contribution in [0.25, 0.3) is 0 Å². The first-order valence-corrected chi connectivity index (χ1v) is 10.4. The lowest BCUT2D eigenvalue weighted by atomic mass is 10.0. The van der Waals surface area contributed by atoms with Crippen LogP contribution in [0.2, 0.25) is 6.04 Å². The number of halogens is 9. The molecule has 0 aliphatic rings. The monoisotopic (exact) mass is 467 g/mol. The Bertz CT molecular complexity index is 515. The average Bonchev–Trinajstić information content (AvgIpc) is 2.57. The van der Waals surface area contributed by atoms with Crippen molar-refractivity contribution in [3.8, 4) is 0 Å². The Morgan fingerprint density at radius 2 is 1.21 bits per heavy atom. The van der Waals surface area contributed by atoms with Crippen LogP contribution in [-0.2, 0) is 18.1 Å². The molecule has 1 amide bonds. The van der Waals surface area contributed by atoms with Gasteiger partial charge in [-0.15, -0.1) is 0 Å². The van der Waals surface area contributed by atoms with Gasteiger partial charge in [-0.3, -0.25) is 4.79 Å². The number of alkyl halides is 9. The van der Waals surface area contributed by atoms with Crippen molar-refractivity contribution in [1.82, 2.24) is 5.32 Å². The van der Waals surface area contributed by atoms with E-state index in [1.165, 1.54) is 5.32 Å². The minimum absolute atomic E-state index is 0.0521. The van der Waals surface area contributed by atoms with E-state index in [0.29, 0.717) is 0 Å². The lowest BCUT2D eigenvalue weighted by molar-refractivity contribution is -0.388. The highest BCUT2D eigenvalue weighted by molar-refractivity contribution is 6.60. The summed E-state index contributed by atoms with van der Waals surface area (Å²) in [7, 11) is -3.26. The van der Waals surface area contributed by atoms with Gasteiger partial charge in [-0.1, -0.05) is 0 Å². The minimum atomic E-state index is -7.12.